The van der Waals surface area contributed by atoms with Crippen molar-refractivity contribution in [2.45, 2.75) is 305 Å². The maximum absolute atomic E-state index is 3.29. The van der Waals surface area contributed by atoms with Crippen molar-refractivity contribution in [1.29, 1.82) is 0 Å². The van der Waals surface area contributed by atoms with Crippen LogP contribution in [0.25, 0.3) is 16.7 Å². The monoisotopic (exact) mass is 1800 g/mol. The van der Waals surface area contributed by atoms with Crippen LogP contribution in [0.15, 0.2) is 292 Å². The van der Waals surface area contributed by atoms with Crippen LogP contribution < -0.4 is 13.7 Å². The lowest BCUT2D eigenvalue weighted by atomic mass is 9.79. The van der Waals surface area contributed by atoms with E-state index in [1.54, 1.807) is 0 Å². The van der Waals surface area contributed by atoms with Gasteiger partial charge in [-0.25, -0.2) is 14.1 Å². The Morgan fingerprint density at radius 2 is 0.642 bits per heavy atom. The number of hydrogen-bond acceptors (Lipinski definition) is 0. The quantitative estimate of drug-likeness (QED) is 0.0758. The van der Waals surface area contributed by atoms with Gasteiger partial charge in [-0.2, -0.15) is 18.3 Å². The van der Waals surface area contributed by atoms with E-state index in [-0.39, 0.29) is 44.6 Å². The van der Waals surface area contributed by atoms with Crippen LogP contribution in [0.4, 0.5) is 28.4 Å². The molecule has 4 aliphatic heterocycles. The third-order valence-corrected chi connectivity index (χ3v) is 28.1. The molecule has 0 amide bonds. The number of imidazole rings is 2. The summed E-state index contributed by atoms with van der Waals surface area (Å²) in [6.45, 7) is 46.4. The molecule has 0 saturated heterocycles. The second-order valence-corrected chi connectivity index (χ2v) is 40.3. The normalized spacial score (nSPS) is 18.0. The minimum Gasteiger partial charge on any atom is -0.250 e. The maximum atomic E-state index is 3.29. The summed E-state index contributed by atoms with van der Waals surface area (Å²) in [5.74, 6) is 9.02. The highest BCUT2D eigenvalue weighted by molar-refractivity contribution is 5.88. The van der Waals surface area contributed by atoms with Crippen molar-refractivity contribution in [3.05, 3.63) is 370 Å². The molecule has 11 aromatic carbocycles. The lowest BCUT2D eigenvalue weighted by Gasteiger charge is -2.28. The van der Waals surface area contributed by atoms with Gasteiger partial charge in [-0.05, 0) is 172 Å². The van der Waals surface area contributed by atoms with Crippen LogP contribution in [-0.4, -0.2) is 67.2 Å². The summed E-state index contributed by atoms with van der Waals surface area (Å²) in [6.07, 6.45) is 27.1. The minimum atomic E-state index is 0. The van der Waals surface area contributed by atoms with Gasteiger partial charge >= 0.3 is 0 Å². The fraction of sp³-hybridized carbons (Fsp3) is 0.413. The Morgan fingerprint density at radius 1 is 0.306 bits per heavy atom. The first-order valence-electron chi connectivity index (χ1n) is 48.7. The van der Waals surface area contributed by atoms with Crippen LogP contribution in [-0.2, 0) is 0 Å². The molecular formula is C126H172N8+6. The molecule has 2 aliphatic carbocycles. The summed E-state index contributed by atoms with van der Waals surface area (Å²) >= 11 is 0. The molecule has 8 heteroatoms. The number of hydrogen-bond donors (Lipinski definition) is 2. The Hall–Kier alpha value is -11.2. The summed E-state index contributed by atoms with van der Waals surface area (Å²) in [5, 5.41) is 0. The van der Waals surface area contributed by atoms with Gasteiger partial charge in [0.15, 0.2) is 54.5 Å². The highest BCUT2D eigenvalue weighted by Gasteiger charge is 2.43. The van der Waals surface area contributed by atoms with Crippen molar-refractivity contribution in [2.75, 3.05) is 6.54 Å². The molecule has 134 heavy (non-hydrogen) atoms. The first-order valence-corrected chi connectivity index (χ1v) is 48.7. The van der Waals surface area contributed by atoms with Gasteiger partial charge in [-0.1, -0.05) is 375 Å². The largest absolute Gasteiger partial charge is 0.250 e. The van der Waals surface area contributed by atoms with Crippen LogP contribution in [0.5, 0.6) is 0 Å². The smallest absolute Gasteiger partial charge is 0.247 e. The van der Waals surface area contributed by atoms with Crippen molar-refractivity contribution in [1.82, 2.24) is 14.5 Å². The predicted octanol–water partition coefficient (Wildman–Crippen LogP) is 34.0. The lowest BCUT2D eigenvalue weighted by molar-refractivity contribution is -0.715. The Balaban J connectivity index is 0.000000200. The molecule has 0 spiro atoms. The van der Waals surface area contributed by atoms with Crippen molar-refractivity contribution >= 4 is 64.3 Å². The number of fused-ring (bicyclic) bond motifs is 5. The predicted molar refractivity (Wildman–Crippen MR) is 583 cm³/mol. The van der Waals surface area contributed by atoms with Crippen LogP contribution in [0, 0.1) is 29.6 Å². The number of H-pyrrole nitrogens is 2. The molecule has 6 unspecified atom stereocenters. The minimum absolute atomic E-state index is 0. The van der Waals surface area contributed by atoms with Gasteiger partial charge in [0.05, 0.1) is 29.7 Å². The van der Waals surface area contributed by atoms with E-state index in [0.717, 1.165) is 35.7 Å². The molecule has 0 bridgehead atoms. The number of benzene rings is 11. The van der Waals surface area contributed by atoms with Crippen LogP contribution in [0.2, 0.25) is 0 Å². The van der Waals surface area contributed by atoms with Crippen molar-refractivity contribution in [3.8, 4) is 5.69 Å². The molecule has 19 rings (SSSR count). The van der Waals surface area contributed by atoms with Gasteiger partial charge in [0.2, 0.25) is 41.1 Å². The second kappa shape index (κ2) is 49.8. The third-order valence-electron chi connectivity index (χ3n) is 28.1. The first-order chi connectivity index (χ1) is 61.7. The molecule has 0 radical (unpaired) electrons. The molecule has 8 nitrogen and oxygen atoms in total. The molecule has 2 aromatic heterocycles. The van der Waals surface area contributed by atoms with Crippen molar-refractivity contribution in [3.63, 3.8) is 0 Å². The number of rotatable bonds is 19. The SMILES string of the molecule is C.C.C.C.C.C.CC(C)C[N+]1=CC(c2ccc(C(C)C)cc2)c2ccccc21.CC(C)[n+]1cc[nH]c1.CC(C)c1ccc(-[n+]2c[nH]c3ccccc32)cc1.CC(C)c1ccc(C2C=[N+](C3CCC(C(C)C)C3)c3ccccc32)cc1.CC(C)c1ccc(C2C=[N+](C3CCC(C(C)C)CC3)c3ccccc32)cc1.CC(C)c1ccc(C2C=[N+](c3ccc(C(C)C)cc3)c3ccccc32)cc1. The molecule has 6 aliphatic rings. The van der Waals surface area contributed by atoms with Crippen molar-refractivity contribution in [2.24, 2.45) is 29.6 Å². The first kappa shape index (κ1) is 108. The summed E-state index contributed by atoms with van der Waals surface area (Å²) in [4.78, 5) is 6.26. The highest BCUT2D eigenvalue weighted by atomic mass is 15.1. The van der Waals surface area contributed by atoms with Crippen LogP contribution in [0.3, 0.4) is 0 Å². The zero-order valence-corrected chi connectivity index (χ0v) is 80.8. The van der Waals surface area contributed by atoms with Crippen LogP contribution in [0.1, 0.15) is 371 Å². The van der Waals surface area contributed by atoms with Gasteiger partial charge in [0, 0.05) is 90.3 Å². The summed E-state index contributed by atoms with van der Waals surface area (Å²) in [7, 11) is 0. The van der Waals surface area contributed by atoms with E-state index < -0.39 is 0 Å². The van der Waals surface area contributed by atoms with E-state index in [0.29, 0.717) is 83.2 Å². The molecule has 710 valence electrons. The van der Waals surface area contributed by atoms with Gasteiger partial charge in [0.25, 0.3) is 0 Å². The van der Waals surface area contributed by atoms with E-state index in [4.69, 9.17) is 0 Å². The van der Waals surface area contributed by atoms with Crippen molar-refractivity contribution < 1.29 is 22.9 Å². The Kier molecular flexibility index (Phi) is 40.2. The zero-order chi connectivity index (χ0) is 90.4. The molecule has 6 heterocycles. The molecule has 13 aromatic rings. The van der Waals surface area contributed by atoms with E-state index >= 15 is 0 Å². The van der Waals surface area contributed by atoms with E-state index in [1.807, 2.05) is 31.1 Å². The van der Waals surface area contributed by atoms with Crippen LogP contribution >= 0.6 is 0 Å². The zero-order valence-electron chi connectivity index (χ0n) is 80.8. The fourth-order valence-electron chi connectivity index (χ4n) is 19.9. The van der Waals surface area contributed by atoms with E-state index in [1.165, 1.54) is 162 Å². The summed E-state index contributed by atoms with van der Waals surface area (Å²) in [5.41, 5.74) is 30.1. The van der Waals surface area contributed by atoms with Gasteiger partial charge in [0.1, 0.15) is 18.1 Å². The molecule has 2 fully saturated rings. The lowest BCUT2D eigenvalue weighted by Crippen LogP contribution is -2.32. The van der Waals surface area contributed by atoms with Gasteiger partial charge in [-0.3, -0.25) is 4.98 Å². The Labute approximate surface area is 813 Å². The number of nitrogens with zero attached hydrogens (tertiary/aromatic N) is 6. The second-order valence-electron chi connectivity index (χ2n) is 40.3. The van der Waals surface area contributed by atoms with E-state index in [9.17, 15) is 0 Å². The number of nitrogens with one attached hydrogen (secondary N) is 2. The summed E-state index contributed by atoms with van der Waals surface area (Å²) < 4.78 is 14.3. The molecule has 2 N–H and O–H groups in total. The molecular weight excluding hydrogens is 1630 g/mol. The number of para-hydroxylation sites is 6. The summed E-state index contributed by atoms with van der Waals surface area (Å²) in [6, 6.07) is 101. The molecule has 2 saturated carbocycles. The van der Waals surface area contributed by atoms with E-state index in [2.05, 4.69) is 462 Å². The van der Waals surface area contributed by atoms with Gasteiger partial charge < -0.3 is 0 Å². The highest BCUT2D eigenvalue weighted by Crippen LogP contribution is 2.46. The number of aromatic amines is 2. The number of aromatic nitrogens is 4. The fourth-order valence-corrected chi connectivity index (χ4v) is 19.9. The Bertz CT molecular complexity index is 5860. The Morgan fingerprint density at radius 3 is 1.02 bits per heavy atom. The average molecular weight is 1800 g/mol. The third kappa shape index (κ3) is 25.9. The topological polar surface area (TPSA) is 51.4 Å². The standard InChI is InChI=1S/C26H34N.C26H28N.C25H32N.C21H26N.C16H16N2.C6H10N2.6CH4/c2*1-18(2)20-9-11-22(12-10-20)25-17-27(26-8-6-5-7-24(25)26)23-15-13-21(14-16-23)19(3)4;1-17(2)19-9-11-20(12-10-19)24-16-26(25-8-6-5-7-23(24)25)22-14-13-21(15-22)18(3)4;1-15(2)13-22-14-20(19-7-5-6-8-21(19)22)18-11-9-17(10-12-18)16(3)4;1-12(2)13-7-9-14(10-8-13)18-11-17-15-5-3-4-6-16(15)18;1-6(2)8-4-3-7-5-8;;;;;;/h5-12,17-19,21,23,25H,13-16H2,1-4H3;5-19,25H,1-4H3;5-12,16-18,21-22,24H,13-15H2,1-4H3;5-12,14-16,20H,13H2,1-4H3;3-12H,1-2H3;3-6H,1-2H3;6*1H4/q4*+1;;;;;;;;/p+2. The average Bonchev–Trinajstić information content (AvgIpc) is 1.66. The molecule has 6 atom stereocenters. The maximum Gasteiger partial charge on any atom is 0.247 e. The van der Waals surface area contributed by atoms with Gasteiger partial charge in [-0.15, -0.1) is 0 Å².